The second-order valence-electron chi connectivity index (χ2n) is 8.06. The summed E-state index contributed by atoms with van der Waals surface area (Å²) in [5.41, 5.74) is 1.73. The number of aliphatic hydroxyl groups is 1. The number of alkyl halides is 2. The maximum Gasteiger partial charge on any atom is 0.248 e. The molecule has 33 heavy (non-hydrogen) atoms. The summed E-state index contributed by atoms with van der Waals surface area (Å²) in [5.74, 6) is -1.32. The van der Waals surface area contributed by atoms with Crippen LogP contribution in [-0.2, 0) is 9.59 Å². The third-order valence-electron chi connectivity index (χ3n) is 5.72. The number of nitriles is 1. The smallest absolute Gasteiger partial charge is 0.248 e. The van der Waals surface area contributed by atoms with Gasteiger partial charge < -0.3 is 20.1 Å². The molecule has 0 radical (unpaired) electrons. The van der Waals surface area contributed by atoms with Gasteiger partial charge in [0.2, 0.25) is 11.8 Å². The predicted molar refractivity (Wildman–Crippen MR) is 114 cm³/mol. The molecule has 1 saturated carbocycles. The van der Waals surface area contributed by atoms with Gasteiger partial charge in [-0.2, -0.15) is 5.26 Å². The fraction of sp³-hybridized carbons (Fsp3) is 0.391. The van der Waals surface area contributed by atoms with E-state index in [9.17, 15) is 23.6 Å². The van der Waals surface area contributed by atoms with Gasteiger partial charge in [0.15, 0.2) is 6.17 Å². The Bertz CT molecular complexity index is 1110. The van der Waals surface area contributed by atoms with E-state index < -0.39 is 36.9 Å². The fourth-order valence-corrected chi connectivity index (χ4v) is 3.72. The summed E-state index contributed by atoms with van der Waals surface area (Å²) < 4.78 is 33.4. The Labute approximate surface area is 188 Å². The zero-order valence-electron chi connectivity index (χ0n) is 17.6. The zero-order valence-corrected chi connectivity index (χ0v) is 17.6. The standard InChI is InChI=1S/C23H22F2N4O4/c24-17-9-16(17)23(32)28-15-3-5-27-19(8-15)13-1-2-20(14(7-13)10-26)33-21-4-6-29(11-18(21)25)22(31)12-30/h1-3,5,7-8,16-18,21,30H,4,6,9,11-12H2,(H,27,28,32)/t16-,17+,18+,21-/m0/s1. The topological polar surface area (TPSA) is 116 Å². The minimum atomic E-state index is -1.46. The maximum absolute atomic E-state index is 14.5. The lowest BCUT2D eigenvalue weighted by Crippen LogP contribution is -2.50. The summed E-state index contributed by atoms with van der Waals surface area (Å²) in [6, 6.07) is 10.0. The lowest BCUT2D eigenvalue weighted by molar-refractivity contribution is -0.138. The molecule has 4 rings (SSSR count). The number of hydrogen-bond acceptors (Lipinski definition) is 6. The largest absolute Gasteiger partial charge is 0.486 e. The third-order valence-corrected chi connectivity index (χ3v) is 5.72. The van der Waals surface area contributed by atoms with Crippen molar-refractivity contribution in [2.24, 2.45) is 5.92 Å². The Morgan fingerprint density at radius 2 is 2.06 bits per heavy atom. The van der Waals surface area contributed by atoms with Gasteiger partial charge in [-0.25, -0.2) is 8.78 Å². The molecule has 1 saturated heterocycles. The van der Waals surface area contributed by atoms with Crippen molar-refractivity contribution in [1.82, 2.24) is 9.88 Å². The molecule has 2 N–H and O–H groups in total. The highest BCUT2D eigenvalue weighted by Gasteiger charge is 2.43. The van der Waals surface area contributed by atoms with Gasteiger partial charge in [-0.05, 0) is 36.8 Å². The highest BCUT2D eigenvalue weighted by molar-refractivity contribution is 5.95. The summed E-state index contributed by atoms with van der Waals surface area (Å²) >= 11 is 0. The molecule has 1 aliphatic heterocycles. The number of benzene rings is 1. The van der Waals surface area contributed by atoms with Gasteiger partial charge in [0.1, 0.15) is 30.7 Å². The average molecular weight is 456 g/mol. The number of carbonyl (C=O) groups excluding carboxylic acids is 2. The third kappa shape index (κ3) is 5.09. The summed E-state index contributed by atoms with van der Waals surface area (Å²) in [6.45, 7) is -0.610. The van der Waals surface area contributed by atoms with E-state index >= 15 is 0 Å². The minimum Gasteiger partial charge on any atom is -0.486 e. The summed E-state index contributed by atoms with van der Waals surface area (Å²) in [6.07, 6.45) is -1.43. The van der Waals surface area contributed by atoms with Crippen molar-refractivity contribution in [3.05, 3.63) is 42.1 Å². The Kier molecular flexibility index (Phi) is 6.51. The van der Waals surface area contributed by atoms with Crippen LogP contribution in [0, 0.1) is 17.2 Å². The molecule has 2 heterocycles. The van der Waals surface area contributed by atoms with Gasteiger partial charge in [0, 0.05) is 30.4 Å². The van der Waals surface area contributed by atoms with E-state index in [0.717, 1.165) is 0 Å². The van der Waals surface area contributed by atoms with Gasteiger partial charge in [-0.1, -0.05) is 0 Å². The number of piperidine rings is 1. The lowest BCUT2D eigenvalue weighted by Gasteiger charge is -2.34. The van der Waals surface area contributed by atoms with E-state index in [0.29, 0.717) is 16.9 Å². The Morgan fingerprint density at radius 1 is 1.27 bits per heavy atom. The second kappa shape index (κ2) is 9.50. The van der Waals surface area contributed by atoms with E-state index in [1.807, 2.05) is 6.07 Å². The molecule has 1 aliphatic carbocycles. The van der Waals surface area contributed by atoms with Crippen molar-refractivity contribution in [2.75, 3.05) is 25.0 Å². The van der Waals surface area contributed by atoms with E-state index in [1.54, 1.807) is 30.3 Å². The lowest BCUT2D eigenvalue weighted by atomic mass is 10.0. The Morgan fingerprint density at radius 3 is 2.73 bits per heavy atom. The van der Waals surface area contributed by atoms with Crippen LogP contribution in [0.1, 0.15) is 18.4 Å². The van der Waals surface area contributed by atoms with Crippen molar-refractivity contribution < 1.29 is 28.2 Å². The SMILES string of the molecule is N#Cc1cc(-c2cc(NC(=O)[C@H]3C[C@H]3F)ccn2)ccc1O[C@H]1CCN(C(=O)CO)C[C@H]1F. The molecule has 8 nitrogen and oxygen atoms in total. The molecule has 0 unspecified atom stereocenters. The predicted octanol–water partition coefficient (Wildman–Crippen LogP) is 2.23. The van der Waals surface area contributed by atoms with Crippen LogP contribution in [0.2, 0.25) is 0 Å². The molecule has 172 valence electrons. The molecule has 2 aromatic rings. The van der Waals surface area contributed by atoms with Crippen molar-refractivity contribution in [2.45, 2.75) is 31.3 Å². The molecule has 2 aliphatic rings. The van der Waals surface area contributed by atoms with Gasteiger partial charge in [0.25, 0.3) is 0 Å². The van der Waals surface area contributed by atoms with Crippen LogP contribution in [0.15, 0.2) is 36.5 Å². The first-order valence-corrected chi connectivity index (χ1v) is 10.5. The van der Waals surface area contributed by atoms with Crippen molar-refractivity contribution in [3.8, 4) is 23.1 Å². The summed E-state index contributed by atoms with van der Waals surface area (Å²) in [4.78, 5) is 29.0. The monoisotopic (exact) mass is 456 g/mol. The maximum atomic E-state index is 14.5. The molecule has 2 amide bonds. The molecule has 2 fully saturated rings. The van der Waals surface area contributed by atoms with Gasteiger partial charge >= 0.3 is 0 Å². The first-order valence-electron chi connectivity index (χ1n) is 10.5. The molecular formula is C23H22F2N4O4. The number of nitrogens with one attached hydrogen (secondary N) is 1. The summed E-state index contributed by atoms with van der Waals surface area (Å²) in [5, 5.41) is 21.2. The highest BCUT2D eigenvalue weighted by Crippen LogP contribution is 2.35. The van der Waals surface area contributed by atoms with Crippen LogP contribution >= 0.6 is 0 Å². The van der Waals surface area contributed by atoms with Crippen LogP contribution in [0.4, 0.5) is 14.5 Å². The van der Waals surface area contributed by atoms with Gasteiger partial charge in [-0.3, -0.25) is 14.6 Å². The molecule has 0 spiro atoms. The normalized spacial score (nSPS) is 24.0. The number of nitrogens with zero attached hydrogens (tertiary/aromatic N) is 3. The quantitative estimate of drug-likeness (QED) is 0.689. The molecule has 1 aromatic heterocycles. The average Bonchev–Trinajstić information content (AvgIpc) is 3.57. The van der Waals surface area contributed by atoms with E-state index in [1.165, 1.54) is 11.1 Å². The van der Waals surface area contributed by atoms with Crippen molar-refractivity contribution >= 4 is 17.5 Å². The molecule has 0 bridgehead atoms. The Balaban J connectivity index is 1.46. The number of amides is 2. The number of carbonyl (C=O) groups is 2. The number of anilines is 1. The molecule has 4 atom stereocenters. The van der Waals surface area contributed by atoms with Crippen LogP contribution in [0.3, 0.4) is 0 Å². The molecule has 10 heteroatoms. The first kappa shape index (κ1) is 22.6. The van der Waals surface area contributed by atoms with Crippen LogP contribution in [-0.4, -0.2) is 64.9 Å². The summed E-state index contributed by atoms with van der Waals surface area (Å²) in [7, 11) is 0. The molecular weight excluding hydrogens is 434 g/mol. The van der Waals surface area contributed by atoms with E-state index in [4.69, 9.17) is 9.84 Å². The number of aliphatic hydroxyl groups excluding tert-OH is 1. The zero-order chi connectivity index (χ0) is 23.5. The van der Waals surface area contributed by atoms with Crippen LogP contribution < -0.4 is 10.1 Å². The molecule has 1 aromatic carbocycles. The van der Waals surface area contributed by atoms with Crippen molar-refractivity contribution in [1.29, 1.82) is 5.26 Å². The minimum absolute atomic E-state index is 0.183. The fourth-order valence-electron chi connectivity index (χ4n) is 3.72. The number of aromatic nitrogens is 1. The van der Waals surface area contributed by atoms with Crippen molar-refractivity contribution in [3.63, 3.8) is 0 Å². The van der Waals surface area contributed by atoms with Crippen LogP contribution in [0.5, 0.6) is 5.75 Å². The number of halogens is 2. The number of ether oxygens (including phenoxy) is 1. The number of hydrogen-bond donors (Lipinski definition) is 2. The second-order valence-corrected chi connectivity index (χ2v) is 8.06. The van der Waals surface area contributed by atoms with E-state index in [-0.39, 0.29) is 43.2 Å². The highest BCUT2D eigenvalue weighted by atomic mass is 19.1. The Hall–Kier alpha value is -3.58. The first-order chi connectivity index (χ1) is 15.9. The number of likely N-dealkylation sites (tertiary alicyclic amines) is 1. The van der Waals surface area contributed by atoms with Gasteiger partial charge in [0.05, 0.1) is 23.7 Å². The van der Waals surface area contributed by atoms with Crippen LogP contribution in [0.25, 0.3) is 11.3 Å². The number of rotatable bonds is 6. The van der Waals surface area contributed by atoms with E-state index in [2.05, 4.69) is 10.3 Å². The number of pyridine rings is 1. The van der Waals surface area contributed by atoms with Gasteiger partial charge in [-0.15, -0.1) is 0 Å².